The van der Waals surface area contributed by atoms with Gasteiger partial charge in [-0.05, 0) is 48.1 Å². The number of thiophene rings is 2. The lowest BCUT2D eigenvalue weighted by Crippen LogP contribution is -2.29. The minimum Gasteiger partial charge on any atom is -0.329 e. The van der Waals surface area contributed by atoms with Gasteiger partial charge in [0.2, 0.25) is 0 Å². The molecule has 2 nitrogen and oxygen atoms in total. The van der Waals surface area contributed by atoms with Gasteiger partial charge in [-0.25, -0.2) is 0 Å². The molecular formula is C13H17BrN2S2. The van der Waals surface area contributed by atoms with Crippen LogP contribution in [0.15, 0.2) is 28.1 Å². The smallest absolute Gasteiger partial charge is 0.0565 e. The van der Waals surface area contributed by atoms with E-state index in [0.717, 1.165) is 11.0 Å². The molecule has 0 aromatic carbocycles. The molecule has 5 heteroatoms. The highest BCUT2D eigenvalue weighted by Gasteiger charge is 2.17. The maximum absolute atomic E-state index is 5.93. The van der Waals surface area contributed by atoms with Crippen LogP contribution in [0.25, 0.3) is 0 Å². The Kier molecular flexibility index (Phi) is 4.98. The van der Waals surface area contributed by atoms with Crippen LogP contribution < -0.4 is 5.73 Å². The van der Waals surface area contributed by atoms with Crippen molar-refractivity contribution in [2.24, 2.45) is 5.73 Å². The van der Waals surface area contributed by atoms with Gasteiger partial charge in [-0.2, -0.15) is 0 Å². The van der Waals surface area contributed by atoms with Crippen LogP contribution in [0.3, 0.4) is 0 Å². The predicted octanol–water partition coefficient (Wildman–Crippen LogP) is 4.01. The minimum absolute atomic E-state index is 0.310. The standard InChI is InChI=1S/C13H17BrN2S2/c1-9-3-4-13(18-9)12(6-15)16(2)7-11-5-10(14)8-17-11/h3-5,8,12H,6-7,15H2,1-2H3. The van der Waals surface area contributed by atoms with Crippen molar-refractivity contribution in [3.63, 3.8) is 0 Å². The van der Waals surface area contributed by atoms with Crippen molar-refractivity contribution in [2.75, 3.05) is 13.6 Å². The summed E-state index contributed by atoms with van der Waals surface area (Å²) in [5.74, 6) is 0. The van der Waals surface area contributed by atoms with Crippen LogP contribution in [0.1, 0.15) is 20.7 Å². The van der Waals surface area contributed by atoms with Crippen molar-refractivity contribution in [3.8, 4) is 0 Å². The Morgan fingerprint density at radius 2 is 2.22 bits per heavy atom. The first-order chi connectivity index (χ1) is 8.60. The fourth-order valence-electron chi connectivity index (χ4n) is 1.94. The maximum Gasteiger partial charge on any atom is 0.0565 e. The first-order valence-corrected chi connectivity index (χ1v) is 8.28. The van der Waals surface area contributed by atoms with E-state index in [4.69, 9.17) is 5.73 Å². The van der Waals surface area contributed by atoms with Crippen LogP contribution in [0.5, 0.6) is 0 Å². The van der Waals surface area contributed by atoms with Crippen LogP contribution >= 0.6 is 38.6 Å². The van der Waals surface area contributed by atoms with Crippen LogP contribution in [0, 0.1) is 6.92 Å². The zero-order valence-electron chi connectivity index (χ0n) is 10.5. The maximum atomic E-state index is 5.93. The summed E-state index contributed by atoms with van der Waals surface area (Å²) >= 11 is 7.11. The van der Waals surface area contributed by atoms with E-state index in [1.807, 2.05) is 11.3 Å². The number of likely N-dealkylation sites (N-methyl/N-ethyl adjacent to an activating group) is 1. The molecule has 0 saturated heterocycles. The van der Waals surface area contributed by atoms with Crippen molar-refractivity contribution in [3.05, 3.63) is 42.7 Å². The van der Waals surface area contributed by atoms with Gasteiger partial charge in [0.1, 0.15) is 0 Å². The molecule has 0 fully saturated rings. The summed E-state index contributed by atoms with van der Waals surface area (Å²) in [6.45, 7) is 3.73. The molecule has 2 heterocycles. The number of aryl methyl sites for hydroxylation is 1. The number of rotatable bonds is 5. The topological polar surface area (TPSA) is 29.3 Å². The highest BCUT2D eigenvalue weighted by atomic mass is 79.9. The van der Waals surface area contributed by atoms with E-state index in [1.165, 1.54) is 14.6 Å². The molecule has 98 valence electrons. The van der Waals surface area contributed by atoms with Crippen LogP contribution in [0.4, 0.5) is 0 Å². The summed E-state index contributed by atoms with van der Waals surface area (Å²) in [5.41, 5.74) is 5.93. The van der Waals surface area contributed by atoms with Gasteiger partial charge in [-0.15, -0.1) is 22.7 Å². The van der Waals surface area contributed by atoms with E-state index in [2.05, 4.69) is 58.4 Å². The third kappa shape index (κ3) is 3.42. The summed E-state index contributed by atoms with van der Waals surface area (Å²) in [5, 5.41) is 2.12. The van der Waals surface area contributed by atoms with Crippen molar-refractivity contribution in [1.29, 1.82) is 0 Å². The normalized spacial score (nSPS) is 13.2. The molecule has 0 bridgehead atoms. The lowest BCUT2D eigenvalue weighted by atomic mass is 10.2. The third-order valence-corrected chi connectivity index (χ3v) is 5.66. The molecule has 0 aliphatic rings. The Morgan fingerprint density at radius 1 is 1.44 bits per heavy atom. The van der Waals surface area contributed by atoms with E-state index < -0.39 is 0 Å². The van der Waals surface area contributed by atoms with E-state index >= 15 is 0 Å². The first-order valence-electron chi connectivity index (χ1n) is 5.79. The molecule has 0 amide bonds. The average Bonchev–Trinajstić information content (AvgIpc) is 2.89. The average molecular weight is 345 g/mol. The molecule has 1 atom stereocenters. The van der Waals surface area contributed by atoms with Gasteiger partial charge in [0, 0.05) is 37.6 Å². The highest BCUT2D eigenvalue weighted by Crippen LogP contribution is 2.28. The van der Waals surface area contributed by atoms with Gasteiger partial charge in [0.05, 0.1) is 6.04 Å². The number of hydrogen-bond donors (Lipinski definition) is 1. The SMILES string of the molecule is Cc1ccc(C(CN)N(C)Cc2cc(Br)cs2)s1. The summed E-state index contributed by atoms with van der Waals surface area (Å²) in [6, 6.07) is 6.84. The van der Waals surface area contributed by atoms with Gasteiger partial charge in [0.15, 0.2) is 0 Å². The molecule has 0 aliphatic carbocycles. The molecule has 18 heavy (non-hydrogen) atoms. The van der Waals surface area contributed by atoms with Gasteiger partial charge in [0.25, 0.3) is 0 Å². The van der Waals surface area contributed by atoms with Gasteiger partial charge >= 0.3 is 0 Å². The summed E-state index contributed by atoms with van der Waals surface area (Å²) in [6.07, 6.45) is 0. The third-order valence-electron chi connectivity index (χ3n) is 2.87. The molecular weight excluding hydrogens is 328 g/mol. The second kappa shape index (κ2) is 6.30. The molecule has 2 rings (SSSR count). The number of halogens is 1. The monoisotopic (exact) mass is 344 g/mol. The summed E-state index contributed by atoms with van der Waals surface area (Å²) < 4.78 is 1.16. The number of hydrogen-bond acceptors (Lipinski definition) is 4. The first kappa shape index (κ1) is 14.2. The van der Waals surface area contributed by atoms with Gasteiger partial charge in [-0.1, -0.05) is 0 Å². The highest BCUT2D eigenvalue weighted by molar-refractivity contribution is 9.10. The molecule has 1 unspecified atom stereocenters. The second-order valence-corrected chi connectivity index (χ2v) is 7.58. The zero-order valence-corrected chi connectivity index (χ0v) is 13.7. The molecule has 0 saturated carbocycles. The molecule has 0 radical (unpaired) electrons. The fraction of sp³-hybridized carbons (Fsp3) is 0.385. The van der Waals surface area contributed by atoms with Crippen LogP contribution in [-0.4, -0.2) is 18.5 Å². The van der Waals surface area contributed by atoms with Crippen molar-refractivity contribution >= 4 is 38.6 Å². The number of nitrogens with zero attached hydrogens (tertiary/aromatic N) is 1. The van der Waals surface area contributed by atoms with Crippen LogP contribution in [-0.2, 0) is 6.54 Å². The number of nitrogens with two attached hydrogens (primary N) is 1. The quantitative estimate of drug-likeness (QED) is 0.887. The lowest BCUT2D eigenvalue weighted by molar-refractivity contribution is 0.247. The Labute approximate surface area is 125 Å². The Bertz CT molecular complexity index is 507. The van der Waals surface area contributed by atoms with Gasteiger partial charge < -0.3 is 5.73 Å². The Hall–Kier alpha value is -0.200. The van der Waals surface area contributed by atoms with Crippen molar-refractivity contribution < 1.29 is 0 Å². The molecule has 2 N–H and O–H groups in total. The minimum atomic E-state index is 0.310. The largest absolute Gasteiger partial charge is 0.329 e. The van der Waals surface area contributed by atoms with E-state index in [0.29, 0.717) is 12.6 Å². The van der Waals surface area contributed by atoms with Crippen LogP contribution in [0.2, 0.25) is 0 Å². The molecule has 0 spiro atoms. The lowest BCUT2D eigenvalue weighted by Gasteiger charge is -2.25. The van der Waals surface area contributed by atoms with E-state index in [9.17, 15) is 0 Å². The second-order valence-electron chi connectivity index (χ2n) is 4.35. The summed E-state index contributed by atoms with van der Waals surface area (Å²) in [7, 11) is 2.14. The van der Waals surface area contributed by atoms with Crippen molar-refractivity contribution in [1.82, 2.24) is 4.90 Å². The van der Waals surface area contributed by atoms with E-state index in [-0.39, 0.29) is 0 Å². The predicted molar refractivity (Wildman–Crippen MR) is 84.3 cm³/mol. The van der Waals surface area contributed by atoms with E-state index in [1.54, 1.807) is 11.3 Å². The Morgan fingerprint density at radius 3 is 2.72 bits per heavy atom. The molecule has 0 aliphatic heterocycles. The fourth-order valence-corrected chi connectivity index (χ4v) is 4.51. The Balaban J connectivity index is 2.08. The molecule has 2 aromatic heterocycles. The van der Waals surface area contributed by atoms with Gasteiger partial charge in [-0.3, -0.25) is 4.90 Å². The summed E-state index contributed by atoms with van der Waals surface area (Å²) in [4.78, 5) is 6.38. The molecule has 2 aromatic rings. The zero-order chi connectivity index (χ0) is 13.1. The van der Waals surface area contributed by atoms with Crippen molar-refractivity contribution in [2.45, 2.75) is 19.5 Å².